The summed E-state index contributed by atoms with van der Waals surface area (Å²) in [6, 6.07) is 3.12. The van der Waals surface area contributed by atoms with Gasteiger partial charge in [-0.15, -0.1) is 11.3 Å². The Morgan fingerprint density at radius 3 is 2.00 bits per heavy atom. The molecule has 2 aliphatic rings. The van der Waals surface area contributed by atoms with E-state index in [1.165, 1.54) is 100 Å². The molecular weight excluding hydrogens is 312 g/mol. The van der Waals surface area contributed by atoms with Crippen molar-refractivity contribution in [3.63, 3.8) is 0 Å². The van der Waals surface area contributed by atoms with Crippen molar-refractivity contribution in [2.75, 3.05) is 0 Å². The molecule has 0 aliphatic heterocycles. The van der Waals surface area contributed by atoms with E-state index in [1.807, 2.05) is 11.3 Å². The van der Waals surface area contributed by atoms with Gasteiger partial charge in [0.15, 0.2) is 0 Å². The van der Waals surface area contributed by atoms with Gasteiger partial charge < -0.3 is 0 Å². The maximum atomic E-state index is 5.00. The molecule has 0 radical (unpaired) electrons. The number of fused-ring (bicyclic) bond motifs is 1. The highest BCUT2D eigenvalue weighted by Crippen LogP contribution is 2.38. The predicted octanol–water partition coefficient (Wildman–Crippen LogP) is 7.21. The summed E-state index contributed by atoms with van der Waals surface area (Å²) in [5.41, 5.74) is 0. The van der Waals surface area contributed by atoms with Gasteiger partial charge in [0, 0.05) is 16.5 Å². The highest BCUT2D eigenvalue weighted by Gasteiger charge is 2.19. The monoisotopic (exact) mass is 344 g/mol. The van der Waals surface area contributed by atoms with E-state index in [2.05, 4.69) is 16.9 Å². The number of hydrogen-bond donors (Lipinski definition) is 0. The van der Waals surface area contributed by atoms with Gasteiger partial charge in [-0.2, -0.15) is 5.10 Å². The molecule has 0 atom stereocenters. The first kappa shape index (κ1) is 16.6. The molecule has 3 heteroatoms. The van der Waals surface area contributed by atoms with Crippen LogP contribution in [0.1, 0.15) is 107 Å². The van der Waals surface area contributed by atoms with Crippen molar-refractivity contribution in [3.05, 3.63) is 17.1 Å². The lowest BCUT2D eigenvalue weighted by atomic mass is 9.90. The van der Waals surface area contributed by atoms with Crippen LogP contribution in [0, 0.1) is 0 Å². The molecule has 2 heterocycles. The van der Waals surface area contributed by atoms with E-state index in [1.54, 1.807) is 4.88 Å². The topological polar surface area (TPSA) is 17.8 Å². The van der Waals surface area contributed by atoms with E-state index >= 15 is 0 Å². The standard InChI is InChI=1S/C21H32N2S/c1-3-7-11-17(12-8-4-1)20-15-18-16-23(22-21(18)24-20)19-13-9-5-2-6-10-14-19/h15-17,19H,1-14H2. The fraction of sp³-hybridized carbons (Fsp3) is 0.762. The number of nitrogens with zero attached hydrogens (tertiary/aromatic N) is 2. The second kappa shape index (κ2) is 8.03. The Bertz CT molecular complexity index is 542. The van der Waals surface area contributed by atoms with Crippen molar-refractivity contribution in [3.8, 4) is 0 Å². The summed E-state index contributed by atoms with van der Waals surface area (Å²) in [6.07, 6.45) is 22.0. The van der Waals surface area contributed by atoms with E-state index in [9.17, 15) is 0 Å². The number of aromatic nitrogens is 2. The smallest absolute Gasteiger partial charge is 0.145 e. The third-order valence-electron chi connectivity index (χ3n) is 6.19. The average molecular weight is 345 g/mol. The molecule has 2 saturated carbocycles. The molecule has 0 N–H and O–H groups in total. The summed E-state index contributed by atoms with van der Waals surface area (Å²) < 4.78 is 2.31. The van der Waals surface area contributed by atoms with Crippen LogP contribution in [-0.4, -0.2) is 9.78 Å². The zero-order valence-electron chi connectivity index (χ0n) is 15.0. The van der Waals surface area contributed by atoms with Crippen LogP contribution in [0.5, 0.6) is 0 Å². The molecule has 0 amide bonds. The molecule has 0 unspecified atom stereocenters. The highest BCUT2D eigenvalue weighted by molar-refractivity contribution is 7.18. The van der Waals surface area contributed by atoms with Gasteiger partial charge in [0.25, 0.3) is 0 Å². The molecule has 2 fully saturated rings. The minimum atomic E-state index is 0.648. The van der Waals surface area contributed by atoms with Crippen LogP contribution >= 0.6 is 11.3 Å². The van der Waals surface area contributed by atoms with Gasteiger partial charge in [-0.3, -0.25) is 4.68 Å². The molecule has 2 aliphatic carbocycles. The van der Waals surface area contributed by atoms with E-state index < -0.39 is 0 Å². The summed E-state index contributed by atoms with van der Waals surface area (Å²) in [5, 5.41) is 6.40. The maximum absolute atomic E-state index is 5.00. The van der Waals surface area contributed by atoms with Gasteiger partial charge in [0.1, 0.15) is 4.83 Å². The van der Waals surface area contributed by atoms with Crippen molar-refractivity contribution >= 4 is 21.6 Å². The molecule has 2 aromatic heterocycles. The molecule has 0 bridgehead atoms. The quantitative estimate of drug-likeness (QED) is 0.562. The Labute approximate surface area is 150 Å². The number of hydrogen-bond acceptors (Lipinski definition) is 2. The fourth-order valence-electron chi connectivity index (χ4n) is 4.69. The van der Waals surface area contributed by atoms with Crippen LogP contribution in [0.15, 0.2) is 12.3 Å². The summed E-state index contributed by atoms with van der Waals surface area (Å²) >= 11 is 1.98. The Balaban J connectivity index is 1.49. The average Bonchev–Trinajstić information content (AvgIpc) is 3.05. The molecular formula is C21H32N2S. The van der Waals surface area contributed by atoms with Crippen LogP contribution < -0.4 is 0 Å². The minimum Gasteiger partial charge on any atom is -0.268 e. The highest BCUT2D eigenvalue weighted by atomic mass is 32.1. The van der Waals surface area contributed by atoms with Gasteiger partial charge in [-0.05, 0) is 37.7 Å². The Morgan fingerprint density at radius 2 is 1.38 bits per heavy atom. The van der Waals surface area contributed by atoms with Crippen LogP contribution in [0.2, 0.25) is 0 Å². The minimum absolute atomic E-state index is 0.648. The van der Waals surface area contributed by atoms with Crippen molar-refractivity contribution in [2.24, 2.45) is 0 Å². The van der Waals surface area contributed by atoms with Crippen molar-refractivity contribution < 1.29 is 0 Å². The van der Waals surface area contributed by atoms with E-state index in [4.69, 9.17) is 5.10 Å². The Morgan fingerprint density at radius 1 is 0.792 bits per heavy atom. The van der Waals surface area contributed by atoms with Crippen molar-refractivity contribution in [1.82, 2.24) is 9.78 Å². The first-order chi connectivity index (χ1) is 11.9. The molecule has 24 heavy (non-hydrogen) atoms. The van der Waals surface area contributed by atoms with Crippen LogP contribution in [0.3, 0.4) is 0 Å². The van der Waals surface area contributed by atoms with Gasteiger partial charge in [0.05, 0.1) is 6.04 Å². The Hall–Kier alpha value is -0.830. The lowest BCUT2D eigenvalue weighted by Crippen LogP contribution is -2.11. The van der Waals surface area contributed by atoms with E-state index in [0.717, 1.165) is 5.92 Å². The SMILES string of the molecule is c1c(C2CCCCCCC2)sc2nn(C3CCCCCCC3)cc12. The predicted molar refractivity (Wildman–Crippen MR) is 104 cm³/mol. The zero-order valence-corrected chi connectivity index (χ0v) is 15.8. The molecule has 4 rings (SSSR count). The van der Waals surface area contributed by atoms with Crippen molar-refractivity contribution in [2.45, 2.75) is 102 Å². The summed E-state index contributed by atoms with van der Waals surface area (Å²) in [7, 11) is 0. The fourth-order valence-corrected chi connectivity index (χ4v) is 5.87. The third kappa shape index (κ3) is 3.87. The Kier molecular flexibility index (Phi) is 5.57. The maximum Gasteiger partial charge on any atom is 0.145 e. The van der Waals surface area contributed by atoms with Crippen LogP contribution in [0.25, 0.3) is 10.2 Å². The summed E-state index contributed by atoms with van der Waals surface area (Å²) in [5.74, 6) is 0.805. The summed E-state index contributed by atoms with van der Waals surface area (Å²) in [6.45, 7) is 0. The molecule has 2 nitrogen and oxygen atoms in total. The largest absolute Gasteiger partial charge is 0.268 e. The van der Waals surface area contributed by atoms with E-state index in [0.29, 0.717) is 6.04 Å². The second-order valence-corrected chi connectivity index (χ2v) is 9.12. The van der Waals surface area contributed by atoms with E-state index in [-0.39, 0.29) is 0 Å². The number of thiophene rings is 1. The van der Waals surface area contributed by atoms with Gasteiger partial charge in [0.2, 0.25) is 0 Å². The lowest BCUT2D eigenvalue weighted by molar-refractivity contribution is 0.349. The lowest BCUT2D eigenvalue weighted by Gasteiger charge is -2.20. The summed E-state index contributed by atoms with van der Waals surface area (Å²) in [4.78, 5) is 2.90. The van der Waals surface area contributed by atoms with Gasteiger partial charge in [-0.1, -0.05) is 64.2 Å². The first-order valence-corrected chi connectivity index (χ1v) is 11.2. The van der Waals surface area contributed by atoms with Crippen LogP contribution in [-0.2, 0) is 0 Å². The third-order valence-corrected chi connectivity index (χ3v) is 7.39. The van der Waals surface area contributed by atoms with Gasteiger partial charge >= 0.3 is 0 Å². The molecule has 2 aromatic rings. The van der Waals surface area contributed by atoms with Crippen molar-refractivity contribution in [1.29, 1.82) is 0 Å². The molecule has 0 aromatic carbocycles. The zero-order chi connectivity index (χ0) is 16.2. The van der Waals surface area contributed by atoms with Gasteiger partial charge in [-0.25, -0.2) is 0 Å². The normalized spacial score (nSPS) is 22.8. The molecule has 0 spiro atoms. The van der Waals surface area contributed by atoms with Crippen LogP contribution in [0.4, 0.5) is 0 Å². The first-order valence-electron chi connectivity index (χ1n) is 10.4. The second-order valence-electron chi connectivity index (χ2n) is 8.06. The molecule has 0 saturated heterocycles. The molecule has 132 valence electrons. The number of rotatable bonds is 2.